The third kappa shape index (κ3) is 5.41. The number of halogens is 3. The molecule has 2 aromatic rings. The Balaban J connectivity index is 1.52. The van der Waals surface area contributed by atoms with Crippen molar-refractivity contribution in [3.63, 3.8) is 0 Å². The predicted molar refractivity (Wildman–Crippen MR) is 123 cm³/mol. The number of aromatic nitrogens is 1. The third-order valence-corrected chi connectivity index (χ3v) is 6.16. The predicted octanol–water partition coefficient (Wildman–Crippen LogP) is 3.51. The summed E-state index contributed by atoms with van der Waals surface area (Å²) in [6.45, 7) is 2.60. The van der Waals surface area contributed by atoms with Crippen LogP contribution in [0.2, 0.25) is 0 Å². The molecule has 2 saturated heterocycles. The van der Waals surface area contributed by atoms with E-state index in [1.54, 1.807) is 24.3 Å². The maximum Gasteiger partial charge on any atom is 0.389 e. The van der Waals surface area contributed by atoms with Crippen LogP contribution in [-0.4, -0.2) is 53.7 Å². The molecule has 4 rings (SSSR count). The lowest BCUT2D eigenvalue weighted by molar-refractivity contribution is -0.143. The lowest BCUT2D eigenvalue weighted by atomic mass is 10.00. The van der Waals surface area contributed by atoms with Crippen molar-refractivity contribution in [2.75, 3.05) is 35.6 Å². The molecular weight excluding hydrogens is 449 g/mol. The molecule has 0 radical (unpaired) electrons. The van der Waals surface area contributed by atoms with Gasteiger partial charge in [-0.15, -0.1) is 0 Å². The van der Waals surface area contributed by atoms with Gasteiger partial charge in [0.25, 0.3) is 0 Å². The van der Waals surface area contributed by atoms with Crippen LogP contribution in [-0.2, 0) is 4.79 Å². The van der Waals surface area contributed by atoms with E-state index in [9.17, 15) is 22.8 Å². The smallest absolute Gasteiger partial charge is 0.384 e. The first-order valence-corrected chi connectivity index (χ1v) is 11.1. The molecule has 3 amide bonds. The van der Waals surface area contributed by atoms with Crippen LogP contribution in [0.1, 0.15) is 24.8 Å². The van der Waals surface area contributed by atoms with Gasteiger partial charge in [-0.3, -0.25) is 9.69 Å². The van der Waals surface area contributed by atoms with Crippen molar-refractivity contribution in [1.82, 2.24) is 9.88 Å². The first kappa shape index (κ1) is 23.8. The first-order valence-electron chi connectivity index (χ1n) is 11.1. The second-order valence-corrected chi connectivity index (χ2v) is 8.99. The summed E-state index contributed by atoms with van der Waals surface area (Å²) in [6, 6.07) is 8.06. The maximum absolute atomic E-state index is 12.7. The summed E-state index contributed by atoms with van der Waals surface area (Å²) in [4.78, 5) is 32.1. The van der Waals surface area contributed by atoms with E-state index in [0.29, 0.717) is 24.5 Å². The van der Waals surface area contributed by atoms with Crippen molar-refractivity contribution in [3.8, 4) is 11.1 Å². The molecule has 3 heterocycles. The summed E-state index contributed by atoms with van der Waals surface area (Å²) >= 11 is 0. The van der Waals surface area contributed by atoms with Crippen LogP contribution in [0.3, 0.4) is 0 Å². The minimum Gasteiger partial charge on any atom is -0.384 e. The summed E-state index contributed by atoms with van der Waals surface area (Å²) in [6.07, 6.45) is -4.56. The number of alkyl halides is 3. The summed E-state index contributed by atoms with van der Waals surface area (Å²) in [7, 11) is 0. The monoisotopic (exact) mass is 476 g/mol. The second kappa shape index (κ2) is 9.13. The number of amides is 3. The number of carbonyl (C=O) groups is 2. The van der Waals surface area contributed by atoms with Gasteiger partial charge in [-0.05, 0) is 60.2 Å². The number of nitrogens with two attached hydrogens (primary N) is 2. The number of anilines is 3. The molecule has 11 heteroatoms. The van der Waals surface area contributed by atoms with Gasteiger partial charge in [-0.25, -0.2) is 9.78 Å². The van der Waals surface area contributed by atoms with E-state index in [0.717, 1.165) is 16.7 Å². The summed E-state index contributed by atoms with van der Waals surface area (Å²) < 4.78 is 38.0. The van der Waals surface area contributed by atoms with E-state index in [1.807, 2.05) is 13.0 Å². The molecule has 1 aromatic carbocycles. The number of hydrogen-bond donors (Lipinski definition) is 3. The summed E-state index contributed by atoms with van der Waals surface area (Å²) in [5, 5.41) is 2.78. The molecule has 182 valence electrons. The van der Waals surface area contributed by atoms with Gasteiger partial charge in [0.1, 0.15) is 11.6 Å². The van der Waals surface area contributed by atoms with Crippen molar-refractivity contribution >= 4 is 29.3 Å². The molecule has 1 aromatic heterocycles. The molecule has 0 aliphatic carbocycles. The van der Waals surface area contributed by atoms with Crippen LogP contribution in [0.15, 0.2) is 30.3 Å². The van der Waals surface area contributed by atoms with Gasteiger partial charge in [0.15, 0.2) is 0 Å². The first-order chi connectivity index (χ1) is 16.0. The van der Waals surface area contributed by atoms with E-state index in [2.05, 4.69) is 10.3 Å². The molecule has 2 aliphatic heterocycles. The Morgan fingerprint density at radius 1 is 1.24 bits per heavy atom. The molecule has 5 N–H and O–H groups in total. The second-order valence-electron chi connectivity index (χ2n) is 8.99. The fourth-order valence-corrected chi connectivity index (χ4v) is 4.51. The molecule has 2 aliphatic rings. The Morgan fingerprint density at radius 3 is 2.68 bits per heavy atom. The largest absolute Gasteiger partial charge is 0.389 e. The Bertz CT molecular complexity index is 1110. The molecule has 34 heavy (non-hydrogen) atoms. The standard InChI is InChI=1S/C23H27F3N6O2/c1-13-2-3-17(29-22(34)31-5-4-14(11-31)10-23(24,25)26)9-18(13)15-6-19(28)30-20(7-15)32-12-16(27)8-21(32)33/h2-3,6-7,9,14,16H,4-5,8,10-12,27H2,1H3,(H2,28,30)(H,29,34)/t14-,16+/m0/s1. The molecule has 0 bridgehead atoms. The zero-order valence-electron chi connectivity index (χ0n) is 18.7. The van der Waals surface area contributed by atoms with Gasteiger partial charge in [-0.1, -0.05) is 6.07 Å². The van der Waals surface area contributed by atoms with Crippen molar-refractivity contribution in [3.05, 3.63) is 35.9 Å². The summed E-state index contributed by atoms with van der Waals surface area (Å²) in [5.74, 6) is -0.0559. The van der Waals surface area contributed by atoms with Crippen LogP contribution >= 0.6 is 0 Å². The van der Waals surface area contributed by atoms with E-state index in [4.69, 9.17) is 11.5 Å². The zero-order chi connectivity index (χ0) is 24.6. The van der Waals surface area contributed by atoms with Gasteiger partial charge < -0.3 is 21.7 Å². The molecule has 0 unspecified atom stereocenters. The number of carbonyl (C=O) groups excluding carboxylic acids is 2. The maximum atomic E-state index is 12.7. The normalized spacial score (nSPS) is 20.8. The number of urea groups is 1. The number of benzene rings is 1. The highest BCUT2D eigenvalue weighted by atomic mass is 19.4. The minimum atomic E-state index is -4.24. The number of nitrogens with zero attached hydrogens (tertiary/aromatic N) is 3. The SMILES string of the molecule is Cc1ccc(NC(=O)N2CC[C@@H](CC(F)(F)F)C2)cc1-c1cc(N)nc(N2C[C@H](N)CC2=O)c1. The molecule has 0 spiro atoms. The van der Waals surface area contributed by atoms with Gasteiger partial charge in [0, 0.05) is 44.2 Å². The zero-order valence-corrected chi connectivity index (χ0v) is 18.7. The van der Waals surface area contributed by atoms with Crippen molar-refractivity contribution < 1.29 is 22.8 Å². The van der Waals surface area contributed by atoms with Crippen LogP contribution in [0.25, 0.3) is 11.1 Å². The third-order valence-electron chi connectivity index (χ3n) is 6.16. The number of nitrogen functional groups attached to an aromatic ring is 1. The fraction of sp³-hybridized carbons (Fsp3) is 0.435. The quantitative estimate of drug-likeness (QED) is 0.624. The van der Waals surface area contributed by atoms with Gasteiger partial charge >= 0.3 is 12.2 Å². The number of nitrogens with one attached hydrogen (secondary N) is 1. The van der Waals surface area contributed by atoms with Gasteiger partial charge in [-0.2, -0.15) is 13.2 Å². The molecule has 2 atom stereocenters. The van der Waals surface area contributed by atoms with E-state index in [-0.39, 0.29) is 37.3 Å². The van der Waals surface area contributed by atoms with Crippen molar-refractivity contribution in [2.24, 2.45) is 11.7 Å². The average molecular weight is 477 g/mol. The van der Waals surface area contributed by atoms with E-state index < -0.39 is 24.5 Å². The lowest BCUT2D eigenvalue weighted by Crippen LogP contribution is -2.33. The molecular formula is C23H27F3N6O2. The van der Waals surface area contributed by atoms with Crippen LogP contribution in [0, 0.1) is 12.8 Å². The van der Waals surface area contributed by atoms with Crippen molar-refractivity contribution in [2.45, 2.75) is 38.4 Å². The number of pyridine rings is 1. The Morgan fingerprint density at radius 2 is 2.00 bits per heavy atom. The minimum absolute atomic E-state index is 0.0698. The molecule has 0 saturated carbocycles. The average Bonchev–Trinajstić information content (AvgIpc) is 3.33. The summed E-state index contributed by atoms with van der Waals surface area (Å²) in [5.41, 5.74) is 14.8. The van der Waals surface area contributed by atoms with Gasteiger partial charge in [0.05, 0.1) is 0 Å². The molecule has 2 fully saturated rings. The number of aryl methyl sites for hydroxylation is 1. The number of rotatable bonds is 4. The highest BCUT2D eigenvalue weighted by molar-refractivity contribution is 5.96. The Kier molecular flexibility index (Phi) is 6.39. The highest BCUT2D eigenvalue weighted by Crippen LogP contribution is 2.33. The van der Waals surface area contributed by atoms with Crippen LogP contribution in [0.4, 0.5) is 35.3 Å². The van der Waals surface area contributed by atoms with E-state index in [1.165, 1.54) is 9.80 Å². The highest BCUT2D eigenvalue weighted by Gasteiger charge is 2.36. The Hall–Kier alpha value is -3.34. The lowest BCUT2D eigenvalue weighted by Gasteiger charge is -2.19. The van der Waals surface area contributed by atoms with Crippen molar-refractivity contribution in [1.29, 1.82) is 0 Å². The van der Waals surface area contributed by atoms with E-state index >= 15 is 0 Å². The topological polar surface area (TPSA) is 118 Å². The number of likely N-dealkylation sites (tertiary alicyclic amines) is 1. The van der Waals surface area contributed by atoms with Crippen LogP contribution < -0.4 is 21.7 Å². The van der Waals surface area contributed by atoms with Crippen LogP contribution in [0.5, 0.6) is 0 Å². The Labute approximate surface area is 195 Å². The fourth-order valence-electron chi connectivity index (χ4n) is 4.51. The van der Waals surface area contributed by atoms with Gasteiger partial charge in [0.2, 0.25) is 5.91 Å². The molecule has 8 nitrogen and oxygen atoms in total. The number of hydrogen-bond acceptors (Lipinski definition) is 5.